The highest BCUT2D eigenvalue weighted by atomic mass is 16.1. The van der Waals surface area contributed by atoms with Gasteiger partial charge in [0.2, 0.25) is 0 Å². The number of hydrogen-bond donors (Lipinski definition) is 1. The average Bonchev–Trinajstić information content (AvgIpc) is 3.00. The molecule has 2 fully saturated rings. The number of rotatable bonds is 3. The second-order valence-corrected chi connectivity index (χ2v) is 4.60. The zero-order valence-corrected chi connectivity index (χ0v) is 8.17. The number of carbonyl (C=O) groups is 1. The third kappa shape index (κ3) is 2.11. The lowest BCUT2D eigenvalue weighted by Crippen LogP contribution is -2.40. The minimum atomic E-state index is -0.132. The Bertz CT molecular complexity index is 192. The van der Waals surface area contributed by atoms with Crippen LogP contribution in [0.5, 0.6) is 0 Å². The van der Waals surface area contributed by atoms with Crippen molar-refractivity contribution in [1.82, 2.24) is 0 Å². The van der Waals surface area contributed by atoms with Crippen molar-refractivity contribution >= 4 is 5.78 Å². The molecule has 0 unspecified atom stereocenters. The van der Waals surface area contributed by atoms with E-state index < -0.39 is 0 Å². The van der Waals surface area contributed by atoms with Gasteiger partial charge in [0.15, 0.2) is 5.78 Å². The van der Waals surface area contributed by atoms with E-state index in [-0.39, 0.29) is 6.04 Å². The molecule has 2 aliphatic rings. The fourth-order valence-corrected chi connectivity index (χ4v) is 2.37. The fraction of sp³-hybridized carbons (Fsp3) is 0.909. The molecule has 0 aromatic carbocycles. The molecule has 1 atom stereocenters. The topological polar surface area (TPSA) is 43.1 Å². The van der Waals surface area contributed by atoms with Gasteiger partial charge >= 0.3 is 0 Å². The van der Waals surface area contributed by atoms with Crippen molar-refractivity contribution in [2.45, 2.75) is 51.0 Å². The van der Waals surface area contributed by atoms with Gasteiger partial charge in [-0.2, -0.15) is 0 Å². The molecule has 0 amide bonds. The first-order valence-corrected chi connectivity index (χ1v) is 5.58. The number of nitrogens with two attached hydrogens (primary N) is 1. The van der Waals surface area contributed by atoms with Crippen molar-refractivity contribution in [3.63, 3.8) is 0 Å². The van der Waals surface area contributed by atoms with Crippen molar-refractivity contribution in [2.75, 3.05) is 0 Å². The van der Waals surface area contributed by atoms with Gasteiger partial charge in [-0.25, -0.2) is 0 Å². The lowest BCUT2D eigenvalue weighted by molar-refractivity contribution is -0.122. The normalized spacial score (nSPS) is 27.2. The molecule has 0 aliphatic heterocycles. The Balaban J connectivity index is 1.86. The van der Waals surface area contributed by atoms with Gasteiger partial charge in [0.1, 0.15) is 0 Å². The van der Waals surface area contributed by atoms with Gasteiger partial charge in [-0.1, -0.05) is 19.3 Å². The Hall–Kier alpha value is -0.370. The molecule has 0 aromatic rings. The van der Waals surface area contributed by atoms with Crippen LogP contribution in [-0.2, 0) is 4.79 Å². The molecule has 0 bridgehead atoms. The minimum Gasteiger partial charge on any atom is -0.321 e. The molecule has 13 heavy (non-hydrogen) atoms. The lowest BCUT2D eigenvalue weighted by atomic mass is 9.82. The summed E-state index contributed by atoms with van der Waals surface area (Å²) in [7, 11) is 0. The SMILES string of the molecule is N[C@@H](C(=O)C1CC1)C1CCCCC1. The Labute approximate surface area is 79.9 Å². The molecule has 74 valence electrons. The zero-order valence-electron chi connectivity index (χ0n) is 8.17. The van der Waals surface area contributed by atoms with Crippen LogP contribution in [0.3, 0.4) is 0 Å². The summed E-state index contributed by atoms with van der Waals surface area (Å²) >= 11 is 0. The van der Waals surface area contributed by atoms with E-state index in [1.54, 1.807) is 0 Å². The third-order valence-corrected chi connectivity index (χ3v) is 3.47. The van der Waals surface area contributed by atoms with Gasteiger partial charge in [-0.05, 0) is 31.6 Å². The van der Waals surface area contributed by atoms with Gasteiger partial charge in [-0.15, -0.1) is 0 Å². The highest BCUT2D eigenvalue weighted by molar-refractivity contribution is 5.88. The van der Waals surface area contributed by atoms with E-state index >= 15 is 0 Å². The predicted molar refractivity (Wildman–Crippen MR) is 52.3 cm³/mol. The zero-order chi connectivity index (χ0) is 9.26. The molecule has 0 aromatic heterocycles. The van der Waals surface area contributed by atoms with Crippen molar-refractivity contribution < 1.29 is 4.79 Å². The Morgan fingerprint density at radius 2 is 1.69 bits per heavy atom. The quantitative estimate of drug-likeness (QED) is 0.722. The highest BCUT2D eigenvalue weighted by Gasteiger charge is 2.36. The van der Waals surface area contributed by atoms with Gasteiger partial charge in [0.25, 0.3) is 0 Å². The van der Waals surface area contributed by atoms with Crippen LogP contribution in [0, 0.1) is 11.8 Å². The van der Waals surface area contributed by atoms with E-state index in [9.17, 15) is 4.79 Å². The van der Waals surface area contributed by atoms with E-state index in [1.807, 2.05) is 0 Å². The van der Waals surface area contributed by atoms with Gasteiger partial charge < -0.3 is 5.73 Å². The van der Waals surface area contributed by atoms with Crippen LogP contribution in [0.15, 0.2) is 0 Å². The van der Waals surface area contributed by atoms with E-state index in [0.29, 0.717) is 17.6 Å². The molecule has 0 spiro atoms. The van der Waals surface area contributed by atoms with Crippen molar-refractivity contribution in [1.29, 1.82) is 0 Å². The number of carbonyl (C=O) groups excluding carboxylic acids is 1. The van der Waals surface area contributed by atoms with Crippen LogP contribution in [0.4, 0.5) is 0 Å². The molecule has 2 aliphatic carbocycles. The summed E-state index contributed by atoms with van der Waals surface area (Å²) in [5.74, 6) is 1.20. The van der Waals surface area contributed by atoms with E-state index in [4.69, 9.17) is 5.73 Å². The van der Waals surface area contributed by atoms with E-state index in [1.165, 1.54) is 32.1 Å². The van der Waals surface area contributed by atoms with E-state index in [0.717, 1.165) is 12.8 Å². The van der Waals surface area contributed by atoms with Crippen molar-refractivity contribution in [3.8, 4) is 0 Å². The summed E-state index contributed by atoms with van der Waals surface area (Å²) < 4.78 is 0. The lowest BCUT2D eigenvalue weighted by Gasteiger charge is -2.26. The number of Topliss-reactive ketones (excluding diaryl/α,β-unsaturated/α-hetero) is 1. The Morgan fingerprint density at radius 1 is 1.08 bits per heavy atom. The monoisotopic (exact) mass is 181 g/mol. The average molecular weight is 181 g/mol. The Kier molecular flexibility index (Phi) is 2.68. The van der Waals surface area contributed by atoms with Gasteiger partial charge in [-0.3, -0.25) is 4.79 Å². The molecular formula is C11H19NO. The van der Waals surface area contributed by atoms with Gasteiger partial charge in [0, 0.05) is 5.92 Å². The number of ketones is 1. The Morgan fingerprint density at radius 3 is 2.23 bits per heavy atom. The molecule has 0 saturated heterocycles. The second kappa shape index (κ2) is 3.79. The molecule has 2 saturated carbocycles. The second-order valence-electron chi connectivity index (χ2n) is 4.60. The summed E-state index contributed by atoms with van der Waals surface area (Å²) in [5.41, 5.74) is 5.98. The third-order valence-electron chi connectivity index (χ3n) is 3.47. The maximum atomic E-state index is 11.7. The number of hydrogen-bond acceptors (Lipinski definition) is 2. The van der Waals surface area contributed by atoms with Crippen LogP contribution in [-0.4, -0.2) is 11.8 Å². The largest absolute Gasteiger partial charge is 0.321 e. The summed E-state index contributed by atoms with van der Waals surface area (Å²) in [6, 6.07) is -0.132. The summed E-state index contributed by atoms with van der Waals surface area (Å²) in [5, 5.41) is 0. The fourth-order valence-electron chi connectivity index (χ4n) is 2.37. The van der Waals surface area contributed by atoms with Crippen molar-refractivity contribution in [2.24, 2.45) is 17.6 Å². The van der Waals surface area contributed by atoms with E-state index in [2.05, 4.69) is 0 Å². The molecule has 2 nitrogen and oxygen atoms in total. The van der Waals surface area contributed by atoms with Crippen LogP contribution >= 0.6 is 0 Å². The standard InChI is InChI=1S/C11H19NO/c12-10(11(13)9-6-7-9)8-4-2-1-3-5-8/h8-10H,1-7,12H2/t10-/m1/s1. The molecule has 2 heteroatoms. The van der Waals surface area contributed by atoms with Crippen LogP contribution in [0.1, 0.15) is 44.9 Å². The van der Waals surface area contributed by atoms with Crippen LogP contribution in [0.2, 0.25) is 0 Å². The molecule has 0 heterocycles. The minimum absolute atomic E-state index is 0.132. The molecular weight excluding hydrogens is 162 g/mol. The maximum Gasteiger partial charge on any atom is 0.152 e. The predicted octanol–water partition coefficient (Wildman–Crippen LogP) is 1.87. The van der Waals surface area contributed by atoms with Crippen LogP contribution in [0.25, 0.3) is 0 Å². The smallest absolute Gasteiger partial charge is 0.152 e. The molecule has 2 N–H and O–H groups in total. The summed E-state index contributed by atoms with van der Waals surface area (Å²) in [4.78, 5) is 11.7. The first kappa shape index (κ1) is 9.20. The van der Waals surface area contributed by atoms with Gasteiger partial charge in [0.05, 0.1) is 6.04 Å². The highest BCUT2D eigenvalue weighted by Crippen LogP contribution is 2.34. The van der Waals surface area contributed by atoms with Crippen LogP contribution < -0.4 is 5.73 Å². The first-order chi connectivity index (χ1) is 6.29. The first-order valence-electron chi connectivity index (χ1n) is 5.58. The molecule has 0 radical (unpaired) electrons. The summed E-state index contributed by atoms with van der Waals surface area (Å²) in [6.07, 6.45) is 8.44. The van der Waals surface area contributed by atoms with Crippen molar-refractivity contribution in [3.05, 3.63) is 0 Å². The maximum absolute atomic E-state index is 11.7. The molecule has 2 rings (SSSR count). The summed E-state index contributed by atoms with van der Waals surface area (Å²) in [6.45, 7) is 0.